The molecule has 0 aliphatic rings. The molecule has 0 aliphatic carbocycles. The third kappa shape index (κ3) is 38.8. The fourth-order valence-electron chi connectivity index (χ4n) is 9.00. The van der Waals surface area contributed by atoms with Gasteiger partial charge in [-0.25, -0.2) is 14.4 Å². The minimum atomic E-state index is -0.861. The van der Waals surface area contributed by atoms with Gasteiger partial charge in [-0.2, -0.15) is 0 Å². The molecule has 0 radical (unpaired) electrons. The molecular weight excluding hydrogens is 1070 g/mol. The van der Waals surface area contributed by atoms with Gasteiger partial charge in [-0.3, -0.25) is 14.4 Å². The predicted octanol–water partition coefficient (Wildman–Crippen LogP) is 15.5. The SMILES string of the molecule is COC(=O)/C=C/c1ccc(OCCCCCCCCCCCC(=O)OCC(COC(=O)CCCCCCCCCCCOc2ccc(/C=C/C(=O)OC)cc2)OC(=O)CCCCCCCCCCCOc2ccc(/C=C/C(=O)OC)cc2)cc1. The highest BCUT2D eigenvalue weighted by Gasteiger charge is 2.20. The molecule has 3 rings (SSSR count). The van der Waals surface area contributed by atoms with E-state index in [2.05, 4.69) is 14.2 Å². The van der Waals surface area contributed by atoms with Gasteiger partial charge in [0.25, 0.3) is 0 Å². The zero-order valence-electron chi connectivity index (χ0n) is 50.8. The zero-order chi connectivity index (χ0) is 60.3. The quantitative estimate of drug-likeness (QED) is 0.0225. The van der Waals surface area contributed by atoms with Crippen molar-refractivity contribution in [2.75, 3.05) is 54.4 Å². The highest BCUT2D eigenvalue weighted by molar-refractivity contribution is 5.88. The molecule has 0 aliphatic heterocycles. The van der Waals surface area contributed by atoms with Crippen molar-refractivity contribution in [1.29, 1.82) is 0 Å². The molecule has 0 unspecified atom stereocenters. The number of esters is 6. The summed E-state index contributed by atoms with van der Waals surface area (Å²) >= 11 is 0. The zero-order valence-corrected chi connectivity index (χ0v) is 50.8. The van der Waals surface area contributed by atoms with E-state index < -0.39 is 12.1 Å². The van der Waals surface area contributed by atoms with Crippen molar-refractivity contribution < 1.29 is 71.4 Å². The Kier molecular flexibility index (Phi) is 41.2. The van der Waals surface area contributed by atoms with Gasteiger partial charge in [-0.15, -0.1) is 0 Å². The maximum Gasteiger partial charge on any atom is 0.330 e. The average Bonchev–Trinajstić information content (AvgIpc) is 3.58. The molecule has 0 saturated heterocycles. The standard InChI is InChI=1S/C69H98O15/c1-76-64(70)49-40-57-34-43-60(44-35-57)79-52-28-22-16-10-4-7-13-19-25-31-67(73)82-55-63(84-69(75)33-27-21-15-9-6-12-18-24-30-54-81-62-47-38-59(39-48-62)42-51-66(72)78-3)56-83-68(74)32-26-20-14-8-5-11-17-23-29-53-80-61-45-36-58(37-46-61)41-50-65(71)77-2/h34-51,63H,4-33,52-56H2,1-3H3/b49-40+,50-41+,51-42+. The number of rotatable bonds is 50. The van der Waals surface area contributed by atoms with Crippen LogP contribution in [0.4, 0.5) is 0 Å². The van der Waals surface area contributed by atoms with Gasteiger partial charge in [-0.1, -0.05) is 171 Å². The second-order valence-corrected chi connectivity index (χ2v) is 21.1. The van der Waals surface area contributed by atoms with Gasteiger partial charge in [0.05, 0.1) is 41.2 Å². The molecule has 15 nitrogen and oxygen atoms in total. The molecule has 0 fully saturated rings. The van der Waals surface area contributed by atoms with Crippen LogP contribution in [0.2, 0.25) is 0 Å². The molecule has 0 heterocycles. The first-order valence-corrected chi connectivity index (χ1v) is 31.0. The van der Waals surface area contributed by atoms with E-state index in [9.17, 15) is 28.8 Å². The van der Waals surface area contributed by atoms with Crippen LogP contribution in [0.5, 0.6) is 17.2 Å². The van der Waals surface area contributed by atoms with Crippen LogP contribution in [-0.4, -0.2) is 96.3 Å². The Labute approximate surface area is 501 Å². The van der Waals surface area contributed by atoms with E-state index in [1.54, 1.807) is 18.2 Å². The number of hydrogen-bond donors (Lipinski definition) is 0. The molecule has 15 heteroatoms. The van der Waals surface area contributed by atoms with Crippen molar-refractivity contribution >= 4 is 54.0 Å². The summed E-state index contributed by atoms with van der Waals surface area (Å²) in [5.74, 6) is 0.167. The molecule has 0 saturated carbocycles. The fraction of sp³-hybridized carbons (Fsp3) is 0.565. The maximum atomic E-state index is 13.0. The molecule has 0 amide bonds. The minimum absolute atomic E-state index is 0.151. The number of methoxy groups -OCH3 is 3. The summed E-state index contributed by atoms with van der Waals surface area (Å²) in [6, 6.07) is 22.8. The van der Waals surface area contributed by atoms with Crippen molar-refractivity contribution in [1.82, 2.24) is 0 Å². The molecule has 464 valence electrons. The van der Waals surface area contributed by atoms with Crippen LogP contribution in [-0.2, 0) is 57.2 Å². The van der Waals surface area contributed by atoms with Crippen LogP contribution in [0.1, 0.15) is 209 Å². The molecule has 3 aromatic carbocycles. The Morgan fingerprint density at radius 1 is 0.321 bits per heavy atom. The van der Waals surface area contributed by atoms with E-state index >= 15 is 0 Å². The fourth-order valence-corrected chi connectivity index (χ4v) is 9.00. The summed E-state index contributed by atoms with van der Waals surface area (Å²) in [6.45, 7) is 1.67. The summed E-state index contributed by atoms with van der Waals surface area (Å²) < 4.78 is 48.4. The van der Waals surface area contributed by atoms with Crippen molar-refractivity contribution in [2.24, 2.45) is 0 Å². The molecule has 3 aromatic rings. The Hall–Kier alpha value is -6.90. The number of ether oxygens (including phenoxy) is 9. The van der Waals surface area contributed by atoms with E-state index in [4.69, 9.17) is 28.4 Å². The molecule has 0 aromatic heterocycles. The smallest absolute Gasteiger partial charge is 0.330 e. The van der Waals surface area contributed by atoms with Crippen LogP contribution in [0.15, 0.2) is 91.0 Å². The average molecular weight is 1170 g/mol. The van der Waals surface area contributed by atoms with Gasteiger partial charge >= 0.3 is 35.8 Å². The number of hydrogen-bond acceptors (Lipinski definition) is 15. The molecule has 0 spiro atoms. The van der Waals surface area contributed by atoms with E-state index in [-0.39, 0.29) is 62.3 Å². The van der Waals surface area contributed by atoms with Gasteiger partial charge < -0.3 is 42.6 Å². The predicted molar refractivity (Wildman–Crippen MR) is 329 cm³/mol. The topological polar surface area (TPSA) is 185 Å². The van der Waals surface area contributed by atoms with E-state index in [0.717, 1.165) is 201 Å². The second-order valence-electron chi connectivity index (χ2n) is 21.1. The Morgan fingerprint density at radius 2 is 0.560 bits per heavy atom. The molecular formula is C69H98O15. The summed E-state index contributed by atoms with van der Waals surface area (Å²) in [6.07, 6.45) is 37.2. The number of carbonyl (C=O) groups is 6. The largest absolute Gasteiger partial charge is 0.494 e. The highest BCUT2D eigenvalue weighted by atomic mass is 16.6. The van der Waals surface area contributed by atoms with Gasteiger partial charge in [-0.05, 0) is 110 Å². The van der Waals surface area contributed by atoms with Crippen molar-refractivity contribution in [2.45, 2.75) is 199 Å². The first-order chi connectivity index (χ1) is 41.1. The summed E-state index contributed by atoms with van der Waals surface area (Å²) in [5.41, 5.74) is 2.70. The van der Waals surface area contributed by atoms with E-state index in [1.165, 1.54) is 39.6 Å². The first-order valence-electron chi connectivity index (χ1n) is 31.0. The third-order valence-corrected chi connectivity index (χ3v) is 14.0. The third-order valence-electron chi connectivity index (χ3n) is 14.0. The Bertz CT molecular complexity index is 2210. The maximum absolute atomic E-state index is 13.0. The van der Waals surface area contributed by atoms with Crippen molar-refractivity contribution in [3.63, 3.8) is 0 Å². The van der Waals surface area contributed by atoms with Crippen LogP contribution in [0.3, 0.4) is 0 Å². The lowest BCUT2D eigenvalue weighted by molar-refractivity contribution is -0.167. The van der Waals surface area contributed by atoms with Gasteiger partial charge in [0, 0.05) is 37.5 Å². The van der Waals surface area contributed by atoms with Crippen LogP contribution < -0.4 is 14.2 Å². The monoisotopic (exact) mass is 1170 g/mol. The number of benzene rings is 3. The Balaban J connectivity index is 1.24. The summed E-state index contributed by atoms with van der Waals surface area (Å²) in [7, 11) is 4.05. The summed E-state index contributed by atoms with van der Waals surface area (Å²) in [4.78, 5) is 72.4. The number of unbranched alkanes of at least 4 members (excludes halogenated alkanes) is 24. The van der Waals surface area contributed by atoms with E-state index in [0.29, 0.717) is 26.2 Å². The highest BCUT2D eigenvalue weighted by Crippen LogP contribution is 2.20. The molecule has 0 N–H and O–H groups in total. The van der Waals surface area contributed by atoms with Gasteiger partial charge in [0.1, 0.15) is 30.5 Å². The lowest BCUT2D eigenvalue weighted by atomic mass is 10.1. The van der Waals surface area contributed by atoms with Gasteiger partial charge in [0.15, 0.2) is 6.10 Å². The van der Waals surface area contributed by atoms with Crippen molar-refractivity contribution in [3.8, 4) is 17.2 Å². The van der Waals surface area contributed by atoms with Crippen LogP contribution >= 0.6 is 0 Å². The Morgan fingerprint density at radius 3 is 0.821 bits per heavy atom. The van der Waals surface area contributed by atoms with Crippen LogP contribution in [0, 0.1) is 0 Å². The first kappa shape index (κ1) is 71.4. The minimum Gasteiger partial charge on any atom is -0.494 e. The van der Waals surface area contributed by atoms with Crippen molar-refractivity contribution in [3.05, 3.63) is 108 Å². The van der Waals surface area contributed by atoms with E-state index in [1.807, 2.05) is 72.8 Å². The lowest BCUT2D eigenvalue weighted by Gasteiger charge is -2.18. The lowest BCUT2D eigenvalue weighted by Crippen LogP contribution is -2.30. The normalized spacial score (nSPS) is 11.3. The summed E-state index contributed by atoms with van der Waals surface area (Å²) in [5, 5.41) is 0. The van der Waals surface area contributed by atoms with Gasteiger partial charge in [0.2, 0.25) is 0 Å². The molecule has 0 bridgehead atoms. The van der Waals surface area contributed by atoms with Crippen LogP contribution in [0.25, 0.3) is 18.2 Å². The number of carbonyl (C=O) groups excluding carboxylic acids is 6. The molecule has 0 atom stereocenters. The molecule has 84 heavy (non-hydrogen) atoms. The second kappa shape index (κ2) is 48.5.